The molecule has 4 nitrogen and oxygen atoms in total. The predicted octanol–water partition coefficient (Wildman–Crippen LogP) is 8.84. The zero-order valence-corrected chi connectivity index (χ0v) is 25.8. The highest BCUT2D eigenvalue weighted by Crippen LogP contribution is 2.80. The van der Waals surface area contributed by atoms with Crippen molar-refractivity contribution in [2.75, 3.05) is 0 Å². The summed E-state index contributed by atoms with van der Waals surface area (Å²) in [6.45, 7) is 18.2. The van der Waals surface area contributed by atoms with Gasteiger partial charge in [-0.3, -0.25) is 4.79 Å². The minimum atomic E-state index is -6.09. The van der Waals surface area contributed by atoms with Crippen molar-refractivity contribution in [2.45, 2.75) is 112 Å². The molecule has 0 saturated carbocycles. The number of carbonyl (C=O) groups is 1. The molecule has 0 amide bonds. The zero-order chi connectivity index (χ0) is 32.0. The Morgan fingerprint density at radius 2 is 1.17 bits per heavy atom. The van der Waals surface area contributed by atoms with E-state index in [0.717, 1.165) is 0 Å². The van der Waals surface area contributed by atoms with Crippen molar-refractivity contribution in [3.63, 3.8) is 0 Å². The third-order valence-corrected chi connectivity index (χ3v) is 7.67. The maximum Gasteiger partial charge on any atom is 0.424 e. The van der Waals surface area contributed by atoms with E-state index in [9.17, 15) is 4.79 Å². The highest BCUT2D eigenvalue weighted by atomic mass is 19.4. The molecule has 1 aliphatic heterocycles. The highest BCUT2D eigenvalue weighted by Gasteiger charge is 2.96. The van der Waals surface area contributed by atoms with Gasteiger partial charge in [0.25, 0.3) is 5.54 Å². The lowest BCUT2D eigenvalue weighted by Gasteiger charge is -2.73. The van der Waals surface area contributed by atoms with Crippen LogP contribution in [0.2, 0.25) is 0 Å². The minimum absolute atomic E-state index is 0.0794. The third-order valence-electron chi connectivity index (χ3n) is 7.67. The molecule has 41 heavy (non-hydrogen) atoms. The van der Waals surface area contributed by atoms with Crippen molar-refractivity contribution in [3.05, 3.63) is 47.0 Å². The van der Waals surface area contributed by atoms with E-state index in [1.54, 1.807) is 26.8 Å². The second kappa shape index (κ2) is 8.99. The van der Waals surface area contributed by atoms with Gasteiger partial charge in [0, 0.05) is 11.0 Å². The molecule has 0 fully saturated rings. The van der Waals surface area contributed by atoms with E-state index in [-0.39, 0.29) is 16.7 Å². The zero-order valence-electron chi connectivity index (χ0n) is 25.8. The van der Waals surface area contributed by atoms with Crippen molar-refractivity contribution in [3.8, 4) is 0 Å². The Balaban J connectivity index is 2.84. The standard InChI is InChI=1S/C31H41F6NO3/c1-23(2,3)19-20(24(4,5)6)28(25(7,8)9)27(19,22(39)41-26(10,11)12)29(30(32,33)34,31(35,36)37)38-21(40-28)18-16-14-13-15-17-18/h13-17H,1-12H3/t27-,28+/m1/s1. The quantitative estimate of drug-likeness (QED) is 0.197. The Morgan fingerprint density at radius 1 is 0.732 bits per heavy atom. The number of halogens is 6. The maximum atomic E-state index is 15.7. The lowest BCUT2D eigenvalue weighted by Crippen LogP contribution is -2.87. The average Bonchev–Trinajstić information content (AvgIpc) is 2.68. The summed E-state index contributed by atoms with van der Waals surface area (Å²) in [4.78, 5) is 18.0. The molecule has 0 unspecified atom stereocenters. The summed E-state index contributed by atoms with van der Waals surface area (Å²) in [5.41, 5.74) is -16.4. The van der Waals surface area contributed by atoms with Crippen LogP contribution in [0, 0.1) is 21.7 Å². The molecule has 230 valence electrons. The summed E-state index contributed by atoms with van der Waals surface area (Å²) in [5, 5.41) is 0. The molecule has 0 bridgehead atoms. The van der Waals surface area contributed by atoms with Crippen LogP contribution in [0.15, 0.2) is 46.5 Å². The molecule has 0 N–H and O–H groups in total. The Labute approximate surface area is 238 Å². The van der Waals surface area contributed by atoms with E-state index < -0.39 is 62.6 Å². The van der Waals surface area contributed by atoms with Crippen molar-refractivity contribution >= 4 is 11.9 Å². The number of benzene rings is 1. The number of alkyl halides is 6. The van der Waals surface area contributed by atoms with Crippen LogP contribution >= 0.6 is 0 Å². The van der Waals surface area contributed by atoms with Crippen LogP contribution in [0.4, 0.5) is 26.3 Å². The number of esters is 1. The number of carbonyl (C=O) groups excluding carboxylic acids is 1. The van der Waals surface area contributed by atoms with Crippen LogP contribution in [0.5, 0.6) is 0 Å². The number of ether oxygens (including phenoxy) is 2. The molecule has 0 spiro atoms. The summed E-state index contributed by atoms with van der Waals surface area (Å²) in [7, 11) is 0. The number of fused-ring (bicyclic) bond motifs is 1. The van der Waals surface area contributed by atoms with Gasteiger partial charge >= 0.3 is 18.3 Å². The van der Waals surface area contributed by atoms with Crippen molar-refractivity contribution in [2.24, 2.45) is 26.7 Å². The average molecular weight is 590 g/mol. The number of aliphatic imine (C=N–C) groups is 1. The van der Waals surface area contributed by atoms with E-state index in [4.69, 9.17) is 9.47 Å². The highest BCUT2D eigenvalue weighted by molar-refractivity contribution is 6.01. The maximum absolute atomic E-state index is 15.7. The smallest absolute Gasteiger partial charge is 0.424 e. The first-order valence-electron chi connectivity index (χ1n) is 13.5. The Morgan fingerprint density at radius 3 is 1.51 bits per heavy atom. The molecule has 0 radical (unpaired) electrons. The number of hydrogen-bond donors (Lipinski definition) is 0. The normalized spacial score (nSPS) is 25.6. The lowest BCUT2D eigenvalue weighted by atomic mass is 9.33. The SMILES string of the molecule is CC(C)(C)OC(=O)[C@]12C(C(C)(C)C)=C(C(C)(C)C)[C@@]1(C(C)(C)C)OC(c1ccccc1)=NC2(C(F)(F)F)C(F)(F)F. The van der Waals surface area contributed by atoms with Crippen molar-refractivity contribution in [1.29, 1.82) is 0 Å². The van der Waals surface area contributed by atoms with Gasteiger partial charge in [0.15, 0.2) is 11.0 Å². The van der Waals surface area contributed by atoms with Gasteiger partial charge in [0.2, 0.25) is 5.90 Å². The molecule has 0 aromatic heterocycles. The fourth-order valence-corrected chi connectivity index (χ4v) is 6.73. The van der Waals surface area contributed by atoms with Gasteiger partial charge in [0.05, 0.1) is 0 Å². The molecule has 1 heterocycles. The molecule has 3 rings (SSSR count). The van der Waals surface area contributed by atoms with Gasteiger partial charge in [0.1, 0.15) is 5.60 Å². The molecule has 10 heteroatoms. The van der Waals surface area contributed by atoms with Crippen LogP contribution in [-0.2, 0) is 14.3 Å². The van der Waals surface area contributed by atoms with Gasteiger partial charge in [-0.05, 0) is 54.9 Å². The summed E-state index contributed by atoms with van der Waals surface area (Å²) in [6, 6.07) is 7.16. The van der Waals surface area contributed by atoms with Gasteiger partial charge in [-0.2, -0.15) is 26.3 Å². The van der Waals surface area contributed by atoms with Crippen LogP contribution in [0.25, 0.3) is 0 Å². The molecular weight excluding hydrogens is 548 g/mol. The van der Waals surface area contributed by atoms with Crippen molar-refractivity contribution < 1.29 is 40.6 Å². The monoisotopic (exact) mass is 589 g/mol. The van der Waals surface area contributed by atoms with E-state index >= 15 is 26.3 Å². The third kappa shape index (κ3) is 4.41. The van der Waals surface area contributed by atoms with Crippen molar-refractivity contribution in [1.82, 2.24) is 0 Å². The first-order chi connectivity index (χ1) is 18.0. The minimum Gasteiger partial charge on any atom is -0.464 e. The van der Waals surface area contributed by atoms with Gasteiger partial charge in [-0.25, -0.2) is 4.99 Å². The first kappa shape index (κ1) is 33.0. The molecule has 1 aromatic rings. The summed E-state index contributed by atoms with van der Waals surface area (Å²) in [5.74, 6) is -2.52. The van der Waals surface area contributed by atoms with Gasteiger partial charge in [-0.1, -0.05) is 80.5 Å². The fourth-order valence-electron chi connectivity index (χ4n) is 6.73. The Bertz CT molecular complexity index is 1250. The largest absolute Gasteiger partial charge is 0.464 e. The molecule has 2 atom stereocenters. The topological polar surface area (TPSA) is 47.9 Å². The second-order valence-electron chi connectivity index (χ2n) is 15.0. The lowest BCUT2D eigenvalue weighted by molar-refractivity contribution is -0.359. The van der Waals surface area contributed by atoms with E-state index in [1.165, 1.54) is 86.6 Å². The van der Waals surface area contributed by atoms with Crippen LogP contribution in [0.3, 0.4) is 0 Å². The molecule has 0 saturated heterocycles. The summed E-state index contributed by atoms with van der Waals surface area (Å²) >= 11 is 0. The molecule has 1 aromatic carbocycles. The molecular formula is C31H41F6NO3. The Hall–Kier alpha value is -2.52. The van der Waals surface area contributed by atoms with E-state index in [0.29, 0.717) is 0 Å². The Kier molecular flexibility index (Phi) is 7.23. The summed E-state index contributed by atoms with van der Waals surface area (Å²) < 4.78 is 106. The number of hydrogen-bond acceptors (Lipinski definition) is 4. The molecule has 2 aliphatic rings. The van der Waals surface area contributed by atoms with Crippen LogP contribution in [0.1, 0.15) is 88.6 Å². The first-order valence-corrected chi connectivity index (χ1v) is 13.5. The second-order valence-corrected chi connectivity index (χ2v) is 15.0. The fraction of sp³-hybridized carbons (Fsp3) is 0.677. The summed E-state index contributed by atoms with van der Waals surface area (Å²) in [6.07, 6.45) is -12.2. The molecule has 1 aliphatic carbocycles. The van der Waals surface area contributed by atoms with Crippen LogP contribution in [-0.4, -0.2) is 41.0 Å². The van der Waals surface area contributed by atoms with Gasteiger partial charge in [-0.15, -0.1) is 0 Å². The van der Waals surface area contributed by atoms with Crippen LogP contribution < -0.4 is 0 Å². The van der Waals surface area contributed by atoms with E-state index in [1.807, 2.05) is 0 Å². The number of rotatable bonds is 2. The number of nitrogens with zero attached hydrogens (tertiary/aromatic N) is 1. The predicted molar refractivity (Wildman–Crippen MR) is 145 cm³/mol. The van der Waals surface area contributed by atoms with Gasteiger partial charge < -0.3 is 9.47 Å². The van der Waals surface area contributed by atoms with E-state index in [2.05, 4.69) is 4.99 Å².